The van der Waals surface area contributed by atoms with Gasteiger partial charge in [-0.2, -0.15) is 0 Å². The minimum Gasteiger partial charge on any atom is -0.457 e. The molecule has 160 valence electrons. The fourth-order valence-electron chi connectivity index (χ4n) is 3.08. The lowest BCUT2D eigenvalue weighted by Crippen LogP contribution is -2.27. The minimum atomic E-state index is -0.530. The average molecular weight is 485 g/mol. The van der Waals surface area contributed by atoms with Crippen molar-refractivity contribution >= 4 is 69.0 Å². The molecule has 2 aromatic carbocycles. The number of benzene rings is 2. The van der Waals surface area contributed by atoms with Crippen molar-refractivity contribution in [3.8, 4) is 11.3 Å². The molecule has 0 bridgehead atoms. The third kappa shape index (κ3) is 4.22. The number of non-ortho nitro benzene ring substituents is 1. The summed E-state index contributed by atoms with van der Waals surface area (Å²) in [6.07, 6.45) is 1.57. The van der Waals surface area contributed by atoms with E-state index in [1.54, 1.807) is 42.5 Å². The third-order valence-corrected chi connectivity index (χ3v) is 6.25. The van der Waals surface area contributed by atoms with Gasteiger partial charge in [0.15, 0.2) is 10.1 Å². The molecule has 0 atom stereocenters. The van der Waals surface area contributed by atoms with E-state index in [-0.39, 0.29) is 22.4 Å². The molecular weight excluding hydrogens is 472 g/mol. The van der Waals surface area contributed by atoms with Gasteiger partial charge in [-0.15, -0.1) is 0 Å². The van der Waals surface area contributed by atoms with E-state index >= 15 is 0 Å². The summed E-state index contributed by atoms with van der Waals surface area (Å²) in [5, 5.41) is 11.1. The smallest absolute Gasteiger partial charge is 0.270 e. The topological polar surface area (TPSA) is 93.7 Å². The number of anilines is 1. The molecule has 0 radical (unpaired) electrons. The molecule has 10 heteroatoms. The fraction of sp³-hybridized carbons (Fsp3) is 0.0455. The molecule has 0 spiro atoms. The van der Waals surface area contributed by atoms with Gasteiger partial charge in [-0.3, -0.25) is 24.6 Å². The van der Waals surface area contributed by atoms with Crippen LogP contribution in [0.3, 0.4) is 0 Å². The summed E-state index contributed by atoms with van der Waals surface area (Å²) in [5.74, 6) is 0.362. The number of hydrogen-bond acceptors (Lipinski definition) is 7. The maximum Gasteiger partial charge on any atom is 0.270 e. The zero-order valence-corrected chi connectivity index (χ0v) is 18.8. The molecule has 1 aromatic heterocycles. The van der Waals surface area contributed by atoms with E-state index in [4.69, 9.17) is 28.2 Å². The fourth-order valence-corrected chi connectivity index (χ4v) is 4.62. The second-order valence-electron chi connectivity index (χ2n) is 6.75. The summed E-state index contributed by atoms with van der Waals surface area (Å²) in [6, 6.07) is 14.1. The standard InChI is InChI=1S/C22H13ClN2O5S2/c1-12(26)13-3-2-4-14(9-13)24-21(27)20(32-22(24)31)11-16-6-8-19(30-16)17-7-5-15(25(28)29)10-18(17)23/h2-11H,1H3. The van der Waals surface area contributed by atoms with Crippen LogP contribution in [0.15, 0.2) is 63.9 Å². The summed E-state index contributed by atoms with van der Waals surface area (Å²) < 4.78 is 6.13. The number of halogens is 1. The number of nitro benzene ring substituents is 1. The molecule has 1 fully saturated rings. The summed E-state index contributed by atoms with van der Waals surface area (Å²) >= 11 is 12.7. The molecule has 4 rings (SSSR count). The second-order valence-corrected chi connectivity index (χ2v) is 8.83. The van der Waals surface area contributed by atoms with Crippen LogP contribution in [0, 0.1) is 10.1 Å². The van der Waals surface area contributed by atoms with Crippen LogP contribution in [0.25, 0.3) is 17.4 Å². The Morgan fingerprint density at radius 2 is 2.00 bits per heavy atom. The number of carbonyl (C=O) groups is 2. The van der Waals surface area contributed by atoms with E-state index in [2.05, 4.69) is 0 Å². The van der Waals surface area contributed by atoms with Crippen molar-refractivity contribution in [3.63, 3.8) is 0 Å². The van der Waals surface area contributed by atoms with Gasteiger partial charge in [0.1, 0.15) is 11.5 Å². The monoisotopic (exact) mass is 484 g/mol. The Kier molecular flexibility index (Phi) is 5.96. The first kappa shape index (κ1) is 21.9. The molecule has 1 aliphatic rings. The van der Waals surface area contributed by atoms with Crippen LogP contribution in [0.5, 0.6) is 0 Å². The van der Waals surface area contributed by atoms with Crippen molar-refractivity contribution in [2.45, 2.75) is 6.92 Å². The van der Waals surface area contributed by atoms with Crippen LogP contribution in [-0.4, -0.2) is 20.9 Å². The van der Waals surface area contributed by atoms with Gasteiger partial charge in [-0.25, -0.2) is 0 Å². The Morgan fingerprint density at radius 1 is 1.22 bits per heavy atom. The van der Waals surface area contributed by atoms with Gasteiger partial charge < -0.3 is 4.42 Å². The highest BCUT2D eigenvalue weighted by atomic mass is 35.5. The summed E-state index contributed by atoms with van der Waals surface area (Å²) in [4.78, 5) is 36.7. The van der Waals surface area contributed by atoms with Crippen molar-refractivity contribution in [2.75, 3.05) is 4.90 Å². The molecule has 0 aliphatic carbocycles. The summed E-state index contributed by atoms with van der Waals surface area (Å²) in [6.45, 7) is 1.45. The number of thiocarbonyl (C=S) groups is 1. The molecule has 2 heterocycles. The predicted octanol–water partition coefficient (Wildman–Crippen LogP) is 6.12. The Hall–Kier alpha value is -3.27. The van der Waals surface area contributed by atoms with E-state index in [0.717, 1.165) is 11.8 Å². The average Bonchev–Trinajstić information content (AvgIpc) is 3.32. The minimum absolute atomic E-state index is 0.110. The molecule has 0 N–H and O–H groups in total. The number of rotatable bonds is 5. The first-order chi connectivity index (χ1) is 15.2. The van der Waals surface area contributed by atoms with E-state index < -0.39 is 4.92 Å². The molecule has 1 saturated heterocycles. The van der Waals surface area contributed by atoms with Gasteiger partial charge in [0, 0.05) is 29.3 Å². The van der Waals surface area contributed by atoms with Crippen molar-refractivity contribution in [2.24, 2.45) is 0 Å². The quantitative estimate of drug-likeness (QED) is 0.142. The number of nitro groups is 1. The number of furan rings is 1. The number of carbonyl (C=O) groups excluding carboxylic acids is 2. The molecular formula is C22H13ClN2O5S2. The number of hydrogen-bond donors (Lipinski definition) is 0. The van der Waals surface area contributed by atoms with Gasteiger partial charge in [0.25, 0.3) is 11.6 Å². The third-order valence-electron chi connectivity index (χ3n) is 4.63. The van der Waals surface area contributed by atoms with Crippen LogP contribution in [-0.2, 0) is 4.79 Å². The predicted molar refractivity (Wildman–Crippen MR) is 128 cm³/mol. The Morgan fingerprint density at radius 3 is 2.69 bits per heavy atom. The maximum atomic E-state index is 13.0. The maximum absolute atomic E-state index is 13.0. The number of nitrogens with zero attached hydrogens (tertiary/aromatic N) is 2. The highest BCUT2D eigenvalue weighted by Gasteiger charge is 2.33. The van der Waals surface area contributed by atoms with E-state index in [9.17, 15) is 19.7 Å². The molecule has 0 unspecified atom stereocenters. The SMILES string of the molecule is CC(=O)c1cccc(N2C(=O)C(=Cc3ccc(-c4ccc([N+](=O)[O-])cc4Cl)o3)SC2=S)c1. The highest BCUT2D eigenvalue weighted by Crippen LogP contribution is 2.38. The lowest BCUT2D eigenvalue weighted by Gasteiger charge is -2.15. The first-order valence-electron chi connectivity index (χ1n) is 9.17. The van der Waals surface area contributed by atoms with Gasteiger partial charge in [-0.05, 0) is 37.3 Å². The largest absolute Gasteiger partial charge is 0.457 e. The normalized spacial score (nSPS) is 14.9. The molecule has 3 aromatic rings. The van der Waals surface area contributed by atoms with E-state index in [1.807, 2.05) is 0 Å². The highest BCUT2D eigenvalue weighted by molar-refractivity contribution is 8.27. The summed E-state index contributed by atoms with van der Waals surface area (Å²) in [7, 11) is 0. The van der Waals surface area contributed by atoms with Crippen LogP contribution in [0.2, 0.25) is 5.02 Å². The number of ketones is 1. The first-order valence-corrected chi connectivity index (χ1v) is 10.8. The van der Waals surface area contributed by atoms with Crippen molar-refractivity contribution in [1.29, 1.82) is 0 Å². The van der Waals surface area contributed by atoms with E-state index in [0.29, 0.717) is 37.6 Å². The van der Waals surface area contributed by atoms with Crippen molar-refractivity contribution < 1.29 is 18.9 Å². The Bertz CT molecular complexity index is 1330. The van der Waals surface area contributed by atoms with Crippen LogP contribution >= 0.6 is 35.6 Å². The zero-order chi connectivity index (χ0) is 23.0. The van der Waals surface area contributed by atoms with Crippen LogP contribution < -0.4 is 4.90 Å². The zero-order valence-electron chi connectivity index (χ0n) is 16.4. The van der Waals surface area contributed by atoms with Gasteiger partial charge in [0.2, 0.25) is 0 Å². The number of amides is 1. The van der Waals surface area contributed by atoms with Crippen LogP contribution in [0.4, 0.5) is 11.4 Å². The van der Waals surface area contributed by atoms with Crippen molar-refractivity contribution in [3.05, 3.63) is 86.0 Å². The lowest BCUT2D eigenvalue weighted by molar-refractivity contribution is -0.384. The molecule has 0 saturated carbocycles. The summed E-state index contributed by atoms with van der Waals surface area (Å²) in [5.41, 5.74) is 1.37. The van der Waals surface area contributed by atoms with Gasteiger partial charge in [-0.1, -0.05) is 47.7 Å². The lowest BCUT2D eigenvalue weighted by atomic mass is 10.1. The van der Waals surface area contributed by atoms with Crippen molar-refractivity contribution in [1.82, 2.24) is 0 Å². The molecule has 1 aliphatic heterocycles. The van der Waals surface area contributed by atoms with Gasteiger partial charge >= 0.3 is 0 Å². The van der Waals surface area contributed by atoms with E-state index in [1.165, 1.54) is 30.0 Å². The molecule has 32 heavy (non-hydrogen) atoms. The van der Waals surface area contributed by atoms with Gasteiger partial charge in [0.05, 0.1) is 20.5 Å². The Balaban J connectivity index is 1.61. The number of thioether (sulfide) groups is 1. The molecule has 7 nitrogen and oxygen atoms in total. The Labute approximate surface area is 196 Å². The molecule has 1 amide bonds. The second kappa shape index (κ2) is 8.70. The van der Waals surface area contributed by atoms with Crippen LogP contribution in [0.1, 0.15) is 23.0 Å². The number of Topliss-reactive ketones (excluding diaryl/α,β-unsaturated/α-hetero) is 1.